The molecule has 0 amide bonds. The van der Waals surface area contributed by atoms with Gasteiger partial charge in [-0.1, -0.05) is 4.49 Å². The lowest BCUT2D eigenvalue weighted by molar-refractivity contribution is -0.384. The lowest BCUT2D eigenvalue weighted by Gasteiger charge is -2.01. The molecule has 0 spiro atoms. The van der Waals surface area contributed by atoms with E-state index in [-0.39, 0.29) is 11.4 Å². The van der Waals surface area contributed by atoms with Gasteiger partial charge in [-0.3, -0.25) is 10.1 Å². The van der Waals surface area contributed by atoms with Gasteiger partial charge in [0.05, 0.1) is 10.6 Å². The monoisotopic (exact) mass is 265 g/mol. The third-order valence-electron chi connectivity index (χ3n) is 2.10. The molecule has 0 atom stereocenters. The maximum atomic E-state index is 11.7. The molecule has 0 aliphatic heterocycles. The Balaban J connectivity index is 2.13. The highest BCUT2D eigenvalue weighted by Gasteiger charge is 2.16. The number of hydrogen-bond donors (Lipinski definition) is 0. The van der Waals surface area contributed by atoms with Crippen LogP contribution in [0.15, 0.2) is 24.3 Å². The van der Waals surface area contributed by atoms with Gasteiger partial charge in [0.15, 0.2) is 4.88 Å². The molecule has 1 aromatic heterocycles. The summed E-state index contributed by atoms with van der Waals surface area (Å²) in [5.74, 6) is -0.338. The van der Waals surface area contributed by atoms with Crippen LogP contribution in [0.25, 0.3) is 0 Å². The molecular weight excluding hydrogens is 258 g/mol. The van der Waals surface area contributed by atoms with Crippen molar-refractivity contribution in [3.05, 3.63) is 45.0 Å². The maximum absolute atomic E-state index is 11.7. The Morgan fingerprint density at radius 1 is 1.39 bits per heavy atom. The van der Waals surface area contributed by atoms with E-state index in [0.717, 1.165) is 11.5 Å². The van der Waals surface area contributed by atoms with E-state index >= 15 is 0 Å². The summed E-state index contributed by atoms with van der Waals surface area (Å²) in [7, 11) is 0. The second kappa shape index (κ2) is 4.88. The zero-order valence-electron chi connectivity index (χ0n) is 9.19. The Kier molecular flexibility index (Phi) is 3.28. The fourth-order valence-corrected chi connectivity index (χ4v) is 1.74. The SMILES string of the molecule is Cc1nnsc1C(=O)Oc1ccc([N+](=O)[O-])cc1. The van der Waals surface area contributed by atoms with E-state index < -0.39 is 10.9 Å². The smallest absolute Gasteiger partial charge is 0.357 e. The van der Waals surface area contributed by atoms with E-state index in [9.17, 15) is 14.9 Å². The minimum absolute atomic E-state index is 0.0644. The van der Waals surface area contributed by atoms with Crippen LogP contribution in [-0.2, 0) is 0 Å². The molecule has 7 nitrogen and oxygen atoms in total. The van der Waals surface area contributed by atoms with Crippen LogP contribution in [0.5, 0.6) is 5.75 Å². The first-order valence-electron chi connectivity index (χ1n) is 4.83. The summed E-state index contributed by atoms with van der Waals surface area (Å²) in [6, 6.07) is 5.25. The van der Waals surface area contributed by atoms with Crippen molar-refractivity contribution in [3.63, 3.8) is 0 Å². The van der Waals surface area contributed by atoms with E-state index in [4.69, 9.17) is 4.74 Å². The van der Waals surface area contributed by atoms with Gasteiger partial charge in [-0.25, -0.2) is 4.79 Å². The van der Waals surface area contributed by atoms with Crippen LogP contribution in [0.3, 0.4) is 0 Å². The van der Waals surface area contributed by atoms with Crippen molar-refractivity contribution in [1.29, 1.82) is 0 Å². The van der Waals surface area contributed by atoms with Crippen molar-refractivity contribution >= 4 is 23.2 Å². The summed E-state index contributed by atoms with van der Waals surface area (Å²) in [5.41, 5.74) is 0.428. The van der Waals surface area contributed by atoms with Crippen molar-refractivity contribution in [3.8, 4) is 5.75 Å². The molecule has 0 N–H and O–H groups in total. The number of aromatic nitrogens is 2. The molecule has 92 valence electrons. The van der Waals surface area contributed by atoms with Gasteiger partial charge in [0, 0.05) is 12.1 Å². The lowest BCUT2D eigenvalue weighted by Crippen LogP contribution is -2.08. The number of non-ortho nitro benzene ring substituents is 1. The van der Waals surface area contributed by atoms with Crippen LogP contribution in [0, 0.1) is 17.0 Å². The number of benzene rings is 1. The van der Waals surface area contributed by atoms with E-state index in [2.05, 4.69) is 9.59 Å². The Morgan fingerprint density at radius 3 is 2.56 bits per heavy atom. The predicted molar refractivity (Wildman–Crippen MR) is 62.7 cm³/mol. The van der Waals surface area contributed by atoms with Gasteiger partial charge in [0.1, 0.15) is 5.75 Å². The van der Waals surface area contributed by atoms with Crippen LogP contribution in [0.2, 0.25) is 0 Å². The fourth-order valence-electron chi connectivity index (χ4n) is 1.21. The van der Waals surface area contributed by atoms with Gasteiger partial charge >= 0.3 is 5.97 Å². The summed E-state index contributed by atoms with van der Waals surface area (Å²) < 4.78 is 8.67. The summed E-state index contributed by atoms with van der Waals surface area (Å²) in [4.78, 5) is 21.9. The number of nitro benzene ring substituents is 1. The molecule has 0 saturated carbocycles. The summed E-state index contributed by atoms with van der Waals surface area (Å²) >= 11 is 0.941. The van der Waals surface area contributed by atoms with Crippen LogP contribution in [0.1, 0.15) is 15.4 Å². The summed E-state index contributed by atoms with van der Waals surface area (Å²) in [6.07, 6.45) is 0. The molecule has 2 aromatic rings. The Hall–Kier alpha value is -2.35. The van der Waals surface area contributed by atoms with E-state index in [1.54, 1.807) is 6.92 Å². The molecule has 0 fully saturated rings. The van der Waals surface area contributed by atoms with E-state index in [1.807, 2.05) is 0 Å². The number of aryl methyl sites for hydroxylation is 1. The molecule has 18 heavy (non-hydrogen) atoms. The Bertz CT molecular complexity index is 593. The van der Waals surface area contributed by atoms with Gasteiger partial charge in [0.2, 0.25) is 0 Å². The molecule has 1 aromatic carbocycles. The molecule has 2 rings (SSSR count). The van der Waals surface area contributed by atoms with Gasteiger partial charge < -0.3 is 4.74 Å². The van der Waals surface area contributed by atoms with Crippen molar-refractivity contribution in [2.75, 3.05) is 0 Å². The van der Waals surface area contributed by atoms with Gasteiger partial charge in [0.25, 0.3) is 5.69 Å². The number of rotatable bonds is 3. The third-order valence-corrected chi connectivity index (χ3v) is 2.90. The first-order valence-corrected chi connectivity index (χ1v) is 5.61. The second-order valence-corrected chi connectivity index (χ2v) is 4.08. The van der Waals surface area contributed by atoms with Crippen LogP contribution in [-0.4, -0.2) is 20.5 Å². The predicted octanol–water partition coefficient (Wildman–Crippen LogP) is 1.97. The van der Waals surface area contributed by atoms with Crippen molar-refractivity contribution in [1.82, 2.24) is 9.59 Å². The normalized spacial score (nSPS) is 10.1. The highest BCUT2D eigenvalue weighted by atomic mass is 32.1. The molecule has 0 saturated heterocycles. The van der Waals surface area contributed by atoms with Crippen molar-refractivity contribution in [2.45, 2.75) is 6.92 Å². The molecule has 0 aliphatic carbocycles. The highest BCUT2D eigenvalue weighted by Crippen LogP contribution is 2.19. The molecule has 0 bridgehead atoms. The third kappa shape index (κ3) is 2.48. The molecule has 0 radical (unpaired) electrons. The van der Waals surface area contributed by atoms with Crippen LogP contribution in [0.4, 0.5) is 5.69 Å². The standard InChI is InChI=1S/C10H7N3O4S/c1-6-9(18-12-11-6)10(14)17-8-4-2-7(3-5-8)13(15)16/h2-5H,1H3. The fraction of sp³-hybridized carbons (Fsp3) is 0.100. The average Bonchev–Trinajstić information content (AvgIpc) is 2.76. The number of carbonyl (C=O) groups excluding carboxylic acids is 1. The number of carbonyl (C=O) groups is 1. The zero-order chi connectivity index (χ0) is 13.1. The molecule has 1 heterocycles. The number of ether oxygens (including phenoxy) is 1. The van der Waals surface area contributed by atoms with Gasteiger partial charge in [-0.15, -0.1) is 5.10 Å². The average molecular weight is 265 g/mol. The summed E-state index contributed by atoms with van der Waals surface area (Å²) in [6.45, 7) is 1.65. The van der Waals surface area contributed by atoms with E-state index in [1.165, 1.54) is 24.3 Å². The zero-order valence-corrected chi connectivity index (χ0v) is 10.0. The quantitative estimate of drug-likeness (QED) is 0.364. The van der Waals surface area contributed by atoms with Crippen LogP contribution >= 0.6 is 11.5 Å². The van der Waals surface area contributed by atoms with Crippen LogP contribution < -0.4 is 4.74 Å². The summed E-state index contributed by atoms with van der Waals surface area (Å²) in [5, 5.41) is 14.1. The van der Waals surface area contributed by atoms with Gasteiger partial charge in [-0.05, 0) is 30.6 Å². The van der Waals surface area contributed by atoms with E-state index in [0.29, 0.717) is 10.6 Å². The number of nitro groups is 1. The first kappa shape index (κ1) is 12.1. The van der Waals surface area contributed by atoms with Gasteiger partial charge in [-0.2, -0.15) is 0 Å². The first-order chi connectivity index (χ1) is 8.58. The van der Waals surface area contributed by atoms with Crippen molar-refractivity contribution in [2.24, 2.45) is 0 Å². The lowest BCUT2D eigenvalue weighted by atomic mass is 10.3. The molecule has 0 unspecified atom stereocenters. The minimum Gasteiger partial charge on any atom is -0.422 e. The molecule has 8 heteroatoms. The number of hydrogen-bond acceptors (Lipinski definition) is 7. The molecular formula is C10H7N3O4S. The topological polar surface area (TPSA) is 95.2 Å². The number of nitrogens with zero attached hydrogens (tertiary/aromatic N) is 3. The second-order valence-electron chi connectivity index (χ2n) is 3.33. The molecule has 0 aliphatic rings. The number of esters is 1. The Labute approximate surface area is 105 Å². The maximum Gasteiger partial charge on any atom is 0.357 e. The minimum atomic E-state index is -0.573. The largest absolute Gasteiger partial charge is 0.422 e. The highest BCUT2D eigenvalue weighted by molar-refractivity contribution is 7.07. The van der Waals surface area contributed by atoms with Crippen molar-refractivity contribution < 1.29 is 14.5 Å². The Morgan fingerprint density at radius 2 is 2.06 bits per heavy atom.